The van der Waals surface area contributed by atoms with Crippen LogP contribution in [-0.4, -0.2) is 60.3 Å². The first kappa shape index (κ1) is 25.4. The molecule has 1 fully saturated rings. The summed E-state index contributed by atoms with van der Waals surface area (Å²) in [7, 11) is 1.70. The molecule has 3 rings (SSSR count). The van der Waals surface area contributed by atoms with Crippen molar-refractivity contribution in [3.63, 3.8) is 0 Å². The number of carbonyl (C=O) groups is 3. The standard InChI is InChI=1S/C26H40N4O3/c1-16(28-5)24(32)29-23(26(2,3)4)25(33)30-15-19(27)14-21(30)22(31)13-18-11-8-10-17-9-6-7-12-20(17)18/h6-7,9,12,16,18-19,21,23,28H,8,10-11,13-15,27H2,1-5H3,(H,29,32)/t16-,18-,19-,21-,23+/m0/s1. The van der Waals surface area contributed by atoms with E-state index < -0.39 is 23.5 Å². The molecule has 0 aromatic heterocycles. The molecule has 1 aromatic rings. The highest BCUT2D eigenvalue weighted by Crippen LogP contribution is 2.35. The van der Waals surface area contributed by atoms with Gasteiger partial charge in [-0.05, 0) is 62.1 Å². The number of rotatable bonds is 7. The molecule has 1 aliphatic heterocycles. The first-order chi connectivity index (χ1) is 15.5. The van der Waals surface area contributed by atoms with Crippen LogP contribution in [0.2, 0.25) is 0 Å². The topological polar surface area (TPSA) is 105 Å². The van der Waals surface area contributed by atoms with Crippen molar-refractivity contribution in [3.05, 3.63) is 35.4 Å². The van der Waals surface area contributed by atoms with Crippen molar-refractivity contribution in [1.82, 2.24) is 15.5 Å². The summed E-state index contributed by atoms with van der Waals surface area (Å²) in [5.41, 5.74) is 8.31. The van der Waals surface area contributed by atoms with E-state index in [4.69, 9.17) is 5.73 Å². The van der Waals surface area contributed by atoms with Crippen molar-refractivity contribution in [1.29, 1.82) is 0 Å². The first-order valence-electron chi connectivity index (χ1n) is 12.2. The minimum atomic E-state index is -0.739. The van der Waals surface area contributed by atoms with Gasteiger partial charge in [0.1, 0.15) is 6.04 Å². The Labute approximate surface area is 197 Å². The molecule has 0 unspecified atom stereocenters. The maximum Gasteiger partial charge on any atom is 0.246 e. The van der Waals surface area contributed by atoms with Gasteiger partial charge in [-0.2, -0.15) is 0 Å². The smallest absolute Gasteiger partial charge is 0.246 e. The molecule has 0 spiro atoms. The van der Waals surface area contributed by atoms with E-state index >= 15 is 0 Å². The third-order valence-corrected chi connectivity index (χ3v) is 7.16. The second-order valence-corrected chi connectivity index (χ2v) is 10.8. The molecule has 7 heteroatoms. The summed E-state index contributed by atoms with van der Waals surface area (Å²) in [5.74, 6) is -0.211. The number of nitrogens with one attached hydrogen (secondary N) is 2. The molecule has 5 atom stereocenters. The quantitative estimate of drug-likeness (QED) is 0.583. The molecular weight excluding hydrogens is 416 g/mol. The third-order valence-electron chi connectivity index (χ3n) is 7.16. The third kappa shape index (κ3) is 5.82. The Morgan fingerprint density at radius 1 is 1.21 bits per heavy atom. The van der Waals surface area contributed by atoms with Gasteiger partial charge in [-0.3, -0.25) is 14.4 Å². The van der Waals surface area contributed by atoms with E-state index in [1.165, 1.54) is 11.1 Å². The molecule has 1 aliphatic carbocycles. The number of amides is 2. The van der Waals surface area contributed by atoms with Crippen molar-refractivity contribution in [2.75, 3.05) is 13.6 Å². The van der Waals surface area contributed by atoms with Crippen LogP contribution in [0.1, 0.15) is 70.4 Å². The zero-order valence-electron chi connectivity index (χ0n) is 20.7. The molecule has 1 saturated heterocycles. The summed E-state index contributed by atoms with van der Waals surface area (Å²) in [6.07, 6.45) is 4.00. The van der Waals surface area contributed by atoms with Gasteiger partial charge < -0.3 is 21.3 Å². The normalized spacial score (nSPS) is 24.7. The second-order valence-electron chi connectivity index (χ2n) is 10.8. The van der Waals surface area contributed by atoms with Gasteiger partial charge >= 0.3 is 0 Å². The number of aryl methyl sites for hydroxylation is 1. The van der Waals surface area contributed by atoms with E-state index in [0.717, 1.165) is 19.3 Å². The van der Waals surface area contributed by atoms with E-state index in [0.29, 0.717) is 19.4 Å². The Bertz CT molecular complexity index is 879. The number of hydrogen-bond acceptors (Lipinski definition) is 5. The second kappa shape index (κ2) is 10.3. The Balaban J connectivity index is 1.78. The summed E-state index contributed by atoms with van der Waals surface area (Å²) < 4.78 is 0. The van der Waals surface area contributed by atoms with Crippen molar-refractivity contribution >= 4 is 17.6 Å². The summed E-state index contributed by atoms with van der Waals surface area (Å²) >= 11 is 0. The molecule has 4 N–H and O–H groups in total. The van der Waals surface area contributed by atoms with E-state index in [1.807, 2.05) is 26.8 Å². The first-order valence-corrected chi connectivity index (χ1v) is 12.2. The van der Waals surface area contributed by atoms with Crippen LogP contribution in [0.3, 0.4) is 0 Å². The summed E-state index contributed by atoms with van der Waals surface area (Å²) in [5, 5.41) is 5.81. The number of benzene rings is 1. The van der Waals surface area contributed by atoms with Crippen molar-refractivity contribution in [2.24, 2.45) is 11.1 Å². The van der Waals surface area contributed by atoms with Crippen LogP contribution >= 0.6 is 0 Å². The lowest BCUT2D eigenvalue weighted by Crippen LogP contribution is -2.59. The maximum atomic E-state index is 13.7. The number of likely N-dealkylation sites (N-methyl/N-ethyl adjacent to an activating group) is 1. The van der Waals surface area contributed by atoms with Crippen LogP contribution in [0.4, 0.5) is 0 Å². The number of nitrogens with zero attached hydrogens (tertiary/aromatic N) is 1. The predicted molar refractivity (Wildman–Crippen MR) is 130 cm³/mol. The number of likely N-dealkylation sites (tertiary alicyclic amines) is 1. The van der Waals surface area contributed by atoms with Crippen LogP contribution in [-0.2, 0) is 20.8 Å². The molecule has 1 aromatic carbocycles. The zero-order chi connectivity index (χ0) is 24.3. The van der Waals surface area contributed by atoms with E-state index in [-0.39, 0.29) is 29.6 Å². The predicted octanol–water partition coefficient (Wildman–Crippen LogP) is 2.13. The summed E-state index contributed by atoms with van der Waals surface area (Å²) in [6, 6.07) is 6.42. The van der Waals surface area contributed by atoms with Crippen molar-refractivity contribution < 1.29 is 14.4 Å². The van der Waals surface area contributed by atoms with E-state index in [1.54, 1.807) is 18.9 Å². The fraction of sp³-hybridized carbons (Fsp3) is 0.654. The van der Waals surface area contributed by atoms with Crippen LogP contribution in [0.15, 0.2) is 24.3 Å². The minimum Gasteiger partial charge on any atom is -0.342 e. The molecule has 33 heavy (non-hydrogen) atoms. The maximum absolute atomic E-state index is 13.7. The zero-order valence-corrected chi connectivity index (χ0v) is 20.7. The van der Waals surface area contributed by atoms with Gasteiger partial charge in [0.25, 0.3) is 0 Å². The van der Waals surface area contributed by atoms with Crippen LogP contribution in [0.5, 0.6) is 0 Å². The van der Waals surface area contributed by atoms with Gasteiger partial charge in [0.2, 0.25) is 11.8 Å². The van der Waals surface area contributed by atoms with E-state index in [9.17, 15) is 14.4 Å². The Morgan fingerprint density at radius 2 is 1.91 bits per heavy atom. The van der Waals surface area contributed by atoms with Gasteiger partial charge in [-0.25, -0.2) is 0 Å². The van der Waals surface area contributed by atoms with Gasteiger partial charge in [0.05, 0.1) is 12.1 Å². The number of Topliss-reactive ketones (excluding diaryl/α,β-unsaturated/α-hetero) is 1. The Kier molecular flexibility index (Phi) is 7.96. The average Bonchev–Trinajstić information content (AvgIpc) is 3.17. The Hall–Kier alpha value is -2.25. The fourth-order valence-electron chi connectivity index (χ4n) is 5.08. The highest BCUT2D eigenvalue weighted by Gasteiger charge is 2.44. The SMILES string of the molecule is CN[C@@H](C)C(=O)N[C@H](C(=O)N1C[C@@H](N)C[C@H]1C(=O)C[C@@H]1CCCc2ccccc21)C(C)(C)C. The largest absolute Gasteiger partial charge is 0.342 e. The van der Waals surface area contributed by atoms with Gasteiger partial charge in [0, 0.05) is 19.0 Å². The molecule has 7 nitrogen and oxygen atoms in total. The van der Waals surface area contributed by atoms with Gasteiger partial charge in [0.15, 0.2) is 5.78 Å². The van der Waals surface area contributed by atoms with Crippen LogP contribution in [0.25, 0.3) is 0 Å². The molecule has 0 bridgehead atoms. The highest BCUT2D eigenvalue weighted by molar-refractivity contribution is 5.94. The minimum absolute atomic E-state index is 0.0700. The van der Waals surface area contributed by atoms with E-state index in [2.05, 4.69) is 28.8 Å². The van der Waals surface area contributed by atoms with Crippen LogP contribution in [0, 0.1) is 5.41 Å². The van der Waals surface area contributed by atoms with Crippen LogP contribution < -0.4 is 16.4 Å². The number of nitrogens with two attached hydrogens (primary N) is 1. The monoisotopic (exact) mass is 456 g/mol. The molecule has 182 valence electrons. The summed E-state index contributed by atoms with van der Waals surface area (Å²) in [4.78, 5) is 41.4. The molecule has 0 saturated carbocycles. The Morgan fingerprint density at radius 3 is 2.58 bits per heavy atom. The fourth-order valence-corrected chi connectivity index (χ4v) is 5.08. The van der Waals surface area contributed by atoms with Gasteiger partial charge in [-0.1, -0.05) is 45.0 Å². The number of fused-ring (bicyclic) bond motifs is 1. The van der Waals surface area contributed by atoms with Crippen molar-refractivity contribution in [3.8, 4) is 0 Å². The number of carbonyl (C=O) groups excluding carboxylic acids is 3. The van der Waals surface area contributed by atoms with Crippen molar-refractivity contribution in [2.45, 2.75) is 89.9 Å². The number of ketones is 1. The molecular formula is C26H40N4O3. The highest BCUT2D eigenvalue weighted by atomic mass is 16.2. The molecule has 2 aliphatic rings. The average molecular weight is 457 g/mol. The van der Waals surface area contributed by atoms with Gasteiger partial charge in [-0.15, -0.1) is 0 Å². The lowest BCUT2D eigenvalue weighted by Gasteiger charge is -2.36. The molecule has 0 radical (unpaired) electrons. The lowest BCUT2D eigenvalue weighted by atomic mass is 9.79. The number of hydrogen-bond donors (Lipinski definition) is 3. The lowest BCUT2D eigenvalue weighted by molar-refractivity contribution is -0.143. The summed E-state index contributed by atoms with van der Waals surface area (Å²) in [6.45, 7) is 7.85. The molecule has 1 heterocycles. The molecule has 2 amide bonds.